The van der Waals surface area contributed by atoms with Crippen molar-refractivity contribution < 1.29 is 31.1 Å². The molecule has 0 aliphatic carbocycles. The molecule has 0 spiro atoms. The average molecular weight is 546 g/mol. The van der Waals surface area contributed by atoms with E-state index < -0.39 is 34.9 Å². The van der Waals surface area contributed by atoms with Crippen molar-refractivity contribution in [3.05, 3.63) is 124 Å². The molecule has 0 aliphatic rings. The van der Waals surface area contributed by atoms with E-state index in [0.29, 0.717) is 17.8 Å². The number of halogens is 6. The smallest absolute Gasteiger partial charge is 0.337 e. The SMILES string of the molecule is CCn1nc(C)cc1C(=O)NC(Cc1ccccc1)(c1cccc(C(F)(F)F)c1)c1cccc(C(F)(F)F)c1. The number of nitrogens with zero attached hydrogens (tertiary/aromatic N) is 2. The van der Waals surface area contributed by atoms with Crippen LogP contribution in [0.4, 0.5) is 26.3 Å². The van der Waals surface area contributed by atoms with Crippen molar-refractivity contribution in [1.29, 1.82) is 0 Å². The van der Waals surface area contributed by atoms with Gasteiger partial charge in [0.1, 0.15) is 5.69 Å². The third-order valence-electron chi connectivity index (χ3n) is 6.44. The van der Waals surface area contributed by atoms with Crippen LogP contribution in [0.2, 0.25) is 0 Å². The molecule has 4 nitrogen and oxygen atoms in total. The summed E-state index contributed by atoms with van der Waals surface area (Å²) in [5.41, 5.74) is -2.58. The lowest BCUT2D eigenvalue weighted by Gasteiger charge is -2.37. The highest BCUT2D eigenvalue weighted by Gasteiger charge is 2.41. The standard InChI is InChI=1S/C29H25F6N3O/c1-3-38-25(15-19(2)37-38)26(39)36-27(18-20-9-5-4-6-10-20,21-11-7-13-23(16-21)28(30,31)32)22-12-8-14-24(17-22)29(33,34)35/h4-17H,3,18H2,1-2H3,(H,36,39). The number of nitrogens with one attached hydrogen (secondary N) is 1. The lowest BCUT2D eigenvalue weighted by atomic mass is 9.76. The van der Waals surface area contributed by atoms with Crippen LogP contribution in [0.5, 0.6) is 0 Å². The molecule has 4 aromatic rings. The molecule has 0 fully saturated rings. The zero-order chi connectivity index (χ0) is 28.4. The highest BCUT2D eigenvalue weighted by molar-refractivity contribution is 5.93. The summed E-state index contributed by atoms with van der Waals surface area (Å²) in [4.78, 5) is 13.7. The predicted molar refractivity (Wildman–Crippen MR) is 134 cm³/mol. The molecule has 0 saturated carbocycles. The van der Waals surface area contributed by atoms with Crippen molar-refractivity contribution in [3.63, 3.8) is 0 Å². The van der Waals surface area contributed by atoms with Gasteiger partial charge in [0.25, 0.3) is 5.91 Å². The molecule has 0 aliphatic heterocycles. The number of hydrogen-bond acceptors (Lipinski definition) is 2. The van der Waals surface area contributed by atoms with Crippen LogP contribution in [0.3, 0.4) is 0 Å². The molecule has 0 bridgehead atoms. The second-order valence-electron chi connectivity index (χ2n) is 9.17. The van der Waals surface area contributed by atoms with Gasteiger partial charge in [-0.2, -0.15) is 31.4 Å². The first-order valence-corrected chi connectivity index (χ1v) is 12.1. The first-order valence-electron chi connectivity index (χ1n) is 12.1. The number of carbonyl (C=O) groups excluding carboxylic acids is 1. The minimum absolute atomic E-state index is 0.0202. The van der Waals surface area contributed by atoms with E-state index >= 15 is 0 Å². The fourth-order valence-corrected chi connectivity index (χ4v) is 4.61. The first-order chi connectivity index (χ1) is 18.3. The van der Waals surface area contributed by atoms with Crippen molar-refractivity contribution in [2.24, 2.45) is 0 Å². The van der Waals surface area contributed by atoms with Crippen LogP contribution in [0.1, 0.15) is 50.9 Å². The van der Waals surface area contributed by atoms with Crippen molar-refractivity contribution in [3.8, 4) is 0 Å². The number of hydrogen-bond donors (Lipinski definition) is 1. The summed E-state index contributed by atoms with van der Waals surface area (Å²) in [5.74, 6) is -0.691. The molecule has 1 amide bonds. The van der Waals surface area contributed by atoms with E-state index in [2.05, 4.69) is 10.4 Å². The maximum atomic E-state index is 13.8. The molecular formula is C29H25F6N3O. The van der Waals surface area contributed by atoms with Gasteiger partial charge >= 0.3 is 12.4 Å². The van der Waals surface area contributed by atoms with Crippen LogP contribution in [0.15, 0.2) is 84.9 Å². The summed E-state index contributed by atoms with van der Waals surface area (Å²) in [6.07, 6.45) is -9.56. The number of carbonyl (C=O) groups is 1. The lowest BCUT2D eigenvalue weighted by molar-refractivity contribution is -0.138. The molecule has 39 heavy (non-hydrogen) atoms. The van der Waals surface area contributed by atoms with E-state index in [0.717, 1.165) is 24.3 Å². The van der Waals surface area contributed by atoms with E-state index in [1.807, 2.05) is 0 Å². The van der Waals surface area contributed by atoms with Crippen LogP contribution >= 0.6 is 0 Å². The Kier molecular flexibility index (Phi) is 7.59. The second kappa shape index (κ2) is 10.6. The van der Waals surface area contributed by atoms with Gasteiger partial charge in [0.2, 0.25) is 0 Å². The van der Waals surface area contributed by atoms with Crippen LogP contribution < -0.4 is 5.32 Å². The molecule has 0 radical (unpaired) electrons. The summed E-state index contributed by atoms with van der Waals surface area (Å²) in [5, 5.41) is 7.10. The topological polar surface area (TPSA) is 46.9 Å². The number of aryl methyl sites for hydroxylation is 2. The summed E-state index contributed by atoms with van der Waals surface area (Å²) < 4.78 is 84.1. The summed E-state index contributed by atoms with van der Waals surface area (Å²) in [6, 6.07) is 18.7. The minimum atomic E-state index is -4.72. The Bertz CT molecular complexity index is 1400. The van der Waals surface area contributed by atoms with Crippen molar-refractivity contribution in [2.75, 3.05) is 0 Å². The van der Waals surface area contributed by atoms with Crippen molar-refractivity contribution in [2.45, 2.75) is 44.7 Å². The van der Waals surface area contributed by atoms with Crippen LogP contribution in [-0.2, 0) is 30.9 Å². The van der Waals surface area contributed by atoms with E-state index in [-0.39, 0.29) is 23.2 Å². The van der Waals surface area contributed by atoms with E-state index in [4.69, 9.17) is 0 Å². The van der Waals surface area contributed by atoms with Gasteiger partial charge in [0.05, 0.1) is 22.4 Å². The fraction of sp³-hybridized carbons (Fsp3) is 0.241. The fourth-order valence-electron chi connectivity index (χ4n) is 4.61. The van der Waals surface area contributed by atoms with Crippen molar-refractivity contribution >= 4 is 5.91 Å². The van der Waals surface area contributed by atoms with Gasteiger partial charge in [-0.25, -0.2) is 0 Å². The van der Waals surface area contributed by atoms with Gasteiger partial charge in [-0.15, -0.1) is 0 Å². The third kappa shape index (κ3) is 6.00. The summed E-state index contributed by atoms with van der Waals surface area (Å²) in [6.45, 7) is 3.77. The highest BCUT2D eigenvalue weighted by atomic mass is 19.4. The predicted octanol–water partition coefficient (Wildman–Crippen LogP) is 7.17. The molecule has 1 N–H and O–H groups in total. The molecule has 0 unspecified atom stereocenters. The minimum Gasteiger partial charge on any atom is -0.337 e. The molecular weight excluding hydrogens is 520 g/mol. The molecule has 10 heteroatoms. The summed E-state index contributed by atoms with van der Waals surface area (Å²) >= 11 is 0. The first kappa shape index (κ1) is 27.9. The quantitative estimate of drug-likeness (QED) is 0.251. The monoisotopic (exact) mass is 545 g/mol. The maximum Gasteiger partial charge on any atom is 0.416 e. The zero-order valence-electron chi connectivity index (χ0n) is 21.1. The Morgan fingerprint density at radius 2 is 1.28 bits per heavy atom. The Labute approximate surface area is 221 Å². The zero-order valence-corrected chi connectivity index (χ0v) is 21.1. The van der Waals surface area contributed by atoms with Gasteiger partial charge < -0.3 is 5.32 Å². The van der Waals surface area contributed by atoms with E-state index in [1.165, 1.54) is 35.0 Å². The van der Waals surface area contributed by atoms with E-state index in [1.54, 1.807) is 44.2 Å². The molecule has 204 valence electrons. The largest absolute Gasteiger partial charge is 0.416 e. The Morgan fingerprint density at radius 1 is 0.769 bits per heavy atom. The molecule has 1 heterocycles. The number of rotatable bonds is 7. The Hall–Kier alpha value is -4.08. The molecule has 1 aromatic heterocycles. The summed E-state index contributed by atoms with van der Waals surface area (Å²) in [7, 11) is 0. The second-order valence-corrected chi connectivity index (χ2v) is 9.17. The molecule has 0 atom stereocenters. The van der Waals surface area contributed by atoms with Gasteiger partial charge in [-0.1, -0.05) is 54.6 Å². The van der Waals surface area contributed by atoms with Gasteiger partial charge in [0.15, 0.2) is 0 Å². The molecule has 0 saturated heterocycles. The number of amides is 1. The van der Waals surface area contributed by atoms with E-state index in [9.17, 15) is 31.1 Å². The number of alkyl halides is 6. The van der Waals surface area contributed by atoms with Crippen LogP contribution in [0, 0.1) is 6.92 Å². The molecule has 4 rings (SSSR count). The number of aromatic nitrogens is 2. The Balaban J connectivity index is 2.01. The van der Waals surface area contributed by atoms with Crippen molar-refractivity contribution in [1.82, 2.24) is 15.1 Å². The highest BCUT2D eigenvalue weighted by Crippen LogP contribution is 2.40. The molecule has 3 aromatic carbocycles. The number of benzene rings is 3. The third-order valence-corrected chi connectivity index (χ3v) is 6.44. The van der Waals surface area contributed by atoms with Crippen LogP contribution in [0.25, 0.3) is 0 Å². The Morgan fingerprint density at radius 3 is 1.77 bits per heavy atom. The van der Waals surface area contributed by atoms with Gasteiger partial charge in [-0.05, 0) is 60.9 Å². The maximum absolute atomic E-state index is 13.8. The lowest BCUT2D eigenvalue weighted by Crippen LogP contribution is -2.49. The average Bonchev–Trinajstić information content (AvgIpc) is 3.29. The van der Waals surface area contributed by atoms with Gasteiger partial charge in [-0.3, -0.25) is 9.48 Å². The van der Waals surface area contributed by atoms with Crippen LogP contribution in [-0.4, -0.2) is 15.7 Å². The van der Waals surface area contributed by atoms with Gasteiger partial charge in [0, 0.05) is 13.0 Å². The normalized spacial score (nSPS) is 12.4.